The normalized spacial score (nSPS) is 11.9. The van der Waals surface area contributed by atoms with Gasteiger partial charge in [-0.25, -0.2) is 0 Å². The molecule has 7 aromatic rings. The number of rotatable bonds is 1. The number of benzene rings is 6. The topological polar surface area (TPSA) is 15.8 Å². The Morgan fingerprint density at radius 3 is 2.03 bits per heavy atom. The minimum Gasteiger partial charge on any atom is -0.354 e. The van der Waals surface area contributed by atoms with E-state index in [1.807, 2.05) is 0 Å². The molecule has 0 atom stereocenters. The number of hydrogen-bond acceptors (Lipinski definition) is 0. The summed E-state index contributed by atoms with van der Waals surface area (Å²) in [6.07, 6.45) is 0. The van der Waals surface area contributed by atoms with Crippen molar-refractivity contribution < 1.29 is 0 Å². The standard InChI is InChI=1S/C30H19N/c1-2-9-21-17-22(15-13-19(21)7-1)29-28-23(16-14-20-8-3-4-10-24(20)28)18-26-25-11-5-6-12-27(25)31-30(26)29/h1-18,31H. The van der Waals surface area contributed by atoms with Gasteiger partial charge in [-0.05, 0) is 56.1 Å². The number of nitrogens with one attached hydrogen (secondary N) is 1. The highest BCUT2D eigenvalue weighted by Crippen LogP contribution is 2.42. The fourth-order valence-corrected chi connectivity index (χ4v) is 5.11. The predicted octanol–water partition coefficient (Wildman–Crippen LogP) is 8.45. The van der Waals surface area contributed by atoms with Gasteiger partial charge in [0.15, 0.2) is 0 Å². The first-order valence-corrected chi connectivity index (χ1v) is 10.7. The van der Waals surface area contributed by atoms with E-state index >= 15 is 0 Å². The molecule has 0 amide bonds. The molecule has 1 nitrogen and oxygen atoms in total. The summed E-state index contributed by atoms with van der Waals surface area (Å²) < 4.78 is 0. The predicted molar refractivity (Wildman–Crippen MR) is 134 cm³/mol. The molecule has 0 unspecified atom stereocenters. The van der Waals surface area contributed by atoms with Crippen molar-refractivity contribution in [2.24, 2.45) is 0 Å². The van der Waals surface area contributed by atoms with Crippen molar-refractivity contribution in [3.63, 3.8) is 0 Å². The number of H-pyrrole nitrogens is 1. The van der Waals surface area contributed by atoms with Crippen molar-refractivity contribution in [2.45, 2.75) is 0 Å². The molecule has 144 valence electrons. The molecule has 7 rings (SSSR count). The Labute approximate surface area is 179 Å². The minimum atomic E-state index is 1.18. The minimum absolute atomic E-state index is 1.18. The van der Waals surface area contributed by atoms with Crippen LogP contribution in [-0.4, -0.2) is 4.98 Å². The second-order valence-electron chi connectivity index (χ2n) is 8.29. The number of hydrogen-bond donors (Lipinski definition) is 1. The van der Waals surface area contributed by atoms with Gasteiger partial charge < -0.3 is 4.98 Å². The van der Waals surface area contributed by atoms with Crippen LogP contribution < -0.4 is 0 Å². The summed E-state index contributed by atoms with van der Waals surface area (Å²) >= 11 is 0. The summed E-state index contributed by atoms with van der Waals surface area (Å²) in [6, 6.07) is 39.6. The van der Waals surface area contributed by atoms with Gasteiger partial charge in [-0.15, -0.1) is 0 Å². The third kappa shape index (κ3) is 2.38. The summed E-state index contributed by atoms with van der Waals surface area (Å²) in [6.45, 7) is 0. The molecule has 0 aliphatic carbocycles. The molecular weight excluding hydrogens is 374 g/mol. The maximum absolute atomic E-state index is 3.75. The van der Waals surface area contributed by atoms with Crippen LogP contribution in [0.15, 0.2) is 109 Å². The Morgan fingerprint density at radius 2 is 1.13 bits per heavy atom. The van der Waals surface area contributed by atoms with Crippen LogP contribution in [0, 0.1) is 0 Å². The molecule has 1 N–H and O–H groups in total. The molecular formula is C30H19N. The van der Waals surface area contributed by atoms with Crippen LogP contribution in [0.2, 0.25) is 0 Å². The highest BCUT2D eigenvalue weighted by Gasteiger charge is 2.16. The van der Waals surface area contributed by atoms with E-state index < -0.39 is 0 Å². The molecule has 6 aromatic carbocycles. The Morgan fingerprint density at radius 1 is 0.452 bits per heavy atom. The molecule has 0 saturated carbocycles. The monoisotopic (exact) mass is 393 g/mol. The average molecular weight is 393 g/mol. The SMILES string of the molecule is c1ccc2cc(-c3c4[nH]c5ccccc5c4cc4ccc5ccccc5c34)ccc2c1. The van der Waals surface area contributed by atoms with Gasteiger partial charge in [0.1, 0.15) is 0 Å². The van der Waals surface area contributed by atoms with Crippen LogP contribution >= 0.6 is 0 Å². The third-order valence-corrected chi connectivity index (χ3v) is 6.55. The molecule has 1 heteroatoms. The van der Waals surface area contributed by atoms with Gasteiger partial charge >= 0.3 is 0 Å². The third-order valence-electron chi connectivity index (χ3n) is 6.55. The van der Waals surface area contributed by atoms with E-state index in [1.165, 1.54) is 65.3 Å². The van der Waals surface area contributed by atoms with Crippen LogP contribution in [0.4, 0.5) is 0 Å². The molecule has 1 heterocycles. The van der Waals surface area contributed by atoms with Gasteiger partial charge in [0.2, 0.25) is 0 Å². The largest absolute Gasteiger partial charge is 0.354 e. The highest BCUT2D eigenvalue weighted by molar-refractivity contribution is 6.25. The van der Waals surface area contributed by atoms with Gasteiger partial charge in [0.05, 0.1) is 5.52 Å². The Bertz CT molecular complexity index is 1790. The fraction of sp³-hybridized carbons (Fsp3) is 0. The lowest BCUT2D eigenvalue weighted by Gasteiger charge is -2.13. The molecule has 31 heavy (non-hydrogen) atoms. The van der Waals surface area contributed by atoms with Crippen molar-refractivity contribution in [3.8, 4) is 11.1 Å². The van der Waals surface area contributed by atoms with E-state index in [4.69, 9.17) is 0 Å². The quantitative estimate of drug-likeness (QED) is 0.269. The van der Waals surface area contributed by atoms with Crippen molar-refractivity contribution in [2.75, 3.05) is 0 Å². The first-order valence-electron chi connectivity index (χ1n) is 10.7. The Balaban J connectivity index is 1.74. The van der Waals surface area contributed by atoms with Crippen molar-refractivity contribution in [1.82, 2.24) is 4.98 Å². The molecule has 0 radical (unpaired) electrons. The first kappa shape index (κ1) is 16.7. The average Bonchev–Trinajstić information content (AvgIpc) is 3.20. The zero-order valence-electron chi connectivity index (χ0n) is 16.9. The lowest BCUT2D eigenvalue weighted by molar-refractivity contribution is 1.55. The van der Waals surface area contributed by atoms with Gasteiger partial charge in [-0.1, -0.05) is 91.0 Å². The van der Waals surface area contributed by atoms with Crippen LogP contribution in [-0.2, 0) is 0 Å². The van der Waals surface area contributed by atoms with Gasteiger partial charge in [-0.3, -0.25) is 0 Å². The Hall–Kier alpha value is -4.10. The summed E-state index contributed by atoms with van der Waals surface area (Å²) in [5.74, 6) is 0. The van der Waals surface area contributed by atoms with Crippen LogP contribution in [0.1, 0.15) is 0 Å². The van der Waals surface area contributed by atoms with Gasteiger partial charge in [0, 0.05) is 21.9 Å². The van der Waals surface area contributed by atoms with E-state index in [0.29, 0.717) is 0 Å². The Kier molecular flexibility index (Phi) is 3.33. The molecule has 0 saturated heterocycles. The maximum atomic E-state index is 3.75. The number of para-hydroxylation sites is 1. The summed E-state index contributed by atoms with van der Waals surface area (Å²) in [5, 5.41) is 10.2. The molecule has 0 spiro atoms. The van der Waals surface area contributed by atoms with E-state index in [2.05, 4.69) is 114 Å². The van der Waals surface area contributed by atoms with E-state index in [-0.39, 0.29) is 0 Å². The lowest BCUT2D eigenvalue weighted by atomic mass is 9.90. The molecule has 0 fully saturated rings. The first-order chi connectivity index (χ1) is 15.4. The molecule has 0 aliphatic rings. The number of aromatic amines is 1. The van der Waals surface area contributed by atoms with E-state index in [1.54, 1.807) is 0 Å². The smallest absolute Gasteiger partial charge is 0.0551 e. The fourth-order valence-electron chi connectivity index (χ4n) is 5.11. The summed E-state index contributed by atoms with van der Waals surface area (Å²) in [7, 11) is 0. The summed E-state index contributed by atoms with van der Waals surface area (Å²) in [5.41, 5.74) is 4.92. The maximum Gasteiger partial charge on any atom is 0.0551 e. The summed E-state index contributed by atoms with van der Waals surface area (Å²) in [4.78, 5) is 3.75. The molecule has 0 aliphatic heterocycles. The van der Waals surface area contributed by atoms with Gasteiger partial charge in [0.25, 0.3) is 0 Å². The van der Waals surface area contributed by atoms with Gasteiger partial charge in [-0.2, -0.15) is 0 Å². The van der Waals surface area contributed by atoms with Crippen LogP contribution in [0.5, 0.6) is 0 Å². The lowest BCUT2D eigenvalue weighted by Crippen LogP contribution is -1.87. The van der Waals surface area contributed by atoms with Crippen molar-refractivity contribution in [1.29, 1.82) is 0 Å². The molecule has 0 bridgehead atoms. The number of fused-ring (bicyclic) bond motifs is 7. The zero-order valence-corrected chi connectivity index (χ0v) is 16.9. The zero-order chi connectivity index (χ0) is 20.4. The van der Waals surface area contributed by atoms with Crippen molar-refractivity contribution in [3.05, 3.63) is 109 Å². The highest BCUT2D eigenvalue weighted by atomic mass is 14.7. The molecule has 1 aromatic heterocycles. The van der Waals surface area contributed by atoms with Crippen molar-refractivity contribution >= 4 is 54.1 Å². The second kappa shape index (κ2) is 6.20. The number of aromatic nitrogens is 1. The van der Waals surface area contributed by atoms with E-state index in [0.717, 1.165) is 0 Å². The van der Waals surface area contributed by atoms with Crippen LogP contribution in [0.3, 0.4) is 0 Å². The second-order valence-corrected chi connectivity index (χ2v) is 8.29. The van der Waals surface area contributed by atoms with E-state index in [9.17, 15) is 0 Å². The van der Waals surface area contributed by atoms with Crippen LogP contribution in [0.25, 0.3) is 65.3 Å².